The van der Waals surface area contributed by atoms with Crippen molar-refractivity contribution in [3.8, 4) is 6.01 Å². The van der Waals surface area contributed by atoms with Crippen LogP contribution >= 0.6 is 0 Å². The van der Waals surface area contributed by atoms with Gasteiger partial charge in [0.15, 0.2) is 0 Å². The van der Waals surface area contributed by atoms with Crippen molar-refractivity contribution >= 4 is 5.84 Å². The molecule has 1 aromatic heterocycles. The summed E-state index contributed by atoms with van der Waals surface area (Å²) in [6.07, 6.45) is 2.71. The summed E-state index contributed by atoms with van der Waals surface area (Å²) in [6, 6.07) is 0.329. The molecular formula is C9H14N4O2. The predicted molar refractivity (Wildman–Crippen MR) is 55.1 cm³/mol. The summed E-state index contributed by atoms with van der Waals surface area (Å²) < 4.78 is 4.91. The first-order valence-electron chi connectivity index (χ1n) is 4.56. The van der Waals surface area contributed by atoms with Crippen LogP contribution < -0.4 is 10.5 Å². The van der Waals surface area contributed by atoms with Gasteiger partial charge in [-0.2, -0.15) is 4.98 Å². The second kappa shape index (κ2) is 5.14. The highest BCUT2D eigenvalue weighted by atomic mass is 16.5. The third-order valence-electron chi connectivity index (χ3n) is 1.95. The lowest BCUT2D eigenvalue weighted by atomic mass is 10.1. The molecule has 0 aliphatic heterocycles. The van der Waals surface area contributed by atoms with E-state index in [1.165, 1.54) is 7.11 Å². The average molecular weight is 210 g/mol. The van der Waals surface area contributed by atoms with Crippen LogP contribution in [0.25, 0.3) is 0 Å². The summed E-state index contributed by atoms with van der Waals surface area (Å²) >= 11 is 0. The first-order chi connectivity index (χ1) is 7.21. The van der Waals surface area contributed by atoms with Gasteiger partial charge in [0, 0.05) is 12.6 Å². The Morgan fingerprint density at radius 3 is 2.93 bits per heavy atom. The van der Waals surface area contributed by atoms with Crippen LogP contribution in [0.4, 0.5) is 0 Å². The van der Waals surface area contributed by atoms with Gasteiger partial charge in [-0.05, 0) is 12.0 Å². The van der Waals surface area contributed by atoms with Crippen LogP contribution in [0.1, 0.15) is 18.2 Å². The van der Waals surface area contributed by atoms with Gasteiger partial charge < -0.3 is 15.7 Å². The predicted octanol–water partition coefficient (Wildman–Crippen LogP) is 0.336. The van der Waals surface area contributed by atoms with Crippen molar-refractivity contribution < 1.29 is 9.94 Å². The second-order valence-electron chi connectivity index (χ2n) is 2.95. The van der Waals surface area contributed by atoms with Gasteiger partial charge in [-0.1, -0.05) is 12.1 Å². The molecule has 82 valence electrons. The van der Waals surface area contributed by atoms with E-state index < -0.39 is 0 Å². The van der Waals surface area contributed by atoms with Gasteiger partial charge in [0.2, 0.25) is 0 Å². The first kappa shape index (κ1) is 11.2. The highest BCUT2D eigenvalue weighted by Gasteiger charge is 2.07. The summed E-state index contributed by atoms with van der Waals surface area (Å²) in [6.45, 7) is 1.97. The topological polar surface area (TPSA) is 93.6 Å². The van der Waals surface area contributed by atoms with E-state index in [1.54, 1.807) is 6.20 Å². The Bertz CT molecular complexity index is 365. The highest BCUT2D eigenvalue weighted by molar-refractivity contribution is 5.82. The molecule has 6 nitrogen and oxygen atoms in total. The van der Waals surface area contributed by atoms with Gasteiger partial charge in [-0.3, -0.25) is 0 Å². The van der Waals surface area contributed by atoms with Crippen LogP contribution in [-0.2, 0) is 12.8 Å². The van der Waals surface area contributed by atoms with Crippen LogP contribution in [0.5, 0.6) is 6.01 Å². The molecule has 0 aliphatic carbocycles. The number of amidine groups is 1. The van der Waals surface area contributed by atoms with Crippen molar-refractivity contribution in [3.05, 3.63) is 17.5 Å². The molecule has 3 N–H and O–H groups in total. The number of rotatable bonds is 4. The molecule has 0 saturated heterocycles. The molecule has 15 heavy (non-hydrogen) atoms. The second-order valence-corrected chi connectivity index (χ2v) is 2.95. The molecule has 0 spiro atoms. The Kier molecular flexibility index (Phi) is 3.84. The van der Waals surface area contributed by atoms with Gasteiger partial charge in [-0.15, -0.1) is 0 Å². The molecule has 1 rings (SSSR count). The van der Waals surface area contributed by atoms with Gasteiger partial charge in [0.1, 0.15) is 5.84 Å². The van der Waals surface area contributed by atoms with E-state index in [1.807, 2.05) is 6.92 Å². The van der Waals surface area contributed by atoms with Crippen molar-refractivity contribution in [2.45, 2.75) is 19.8 Å². The summed E-state index contributed by atoms with van der Waals surface area (Å²) in [5.41, 5.74) is 7.09. The molecule has 1 heterocycles. The van der Waals surface area contributed by atoms with Crippen LogP contribution in [-0.4, -0.2) is 28.1 Å². The summed E-state index contributed by atoms with van der Waals surface area (Å²) in [4.78, 5) is 8.14. The van der Waals surface area contributed by atoms with Gasteiger partial charge in [-0.25, -0.2) is 4.98 Å². The van der Waals surface area contributed by atoms with Crippen molar-refractivity contribution in [1.29, 1.82) is 0 Å². The van der Waals surface area contributed by atoms with E-state index in [2.05, 4.69) is 15.1 Å². The smallest absolute Gasteiger partial charge is 0.316 e. The monoisotopic (exact) mass is 210 g/mol. The number of hydrogen-bond donors (Lipinski definition) is 2. The van der Waals surface area contributed by atoms with Crippen molar-refractivity contribution in [2.75, 3.05) is 7.11 Å². The van der Waals surface area contributed by atoms with E-state index in [0.29, 0.717) is 12.4 Å². The number of ether oxygens (including phenoxy) is 1. The number of aryl methyl sites for hydroxylation is 1. The molecule has 6 heteroatoms. The minimum absolute atomic E-state index is 0.137. The Hall–Kier alpha value is -1.85. The molecule has 0 aromatic carbocycles. The van der Waals surface area contributed by atoms with Crippen LogP contribution in [0.15, 0.2) is 11.4 Å². The number of nitrogens with zero attached hydrogens (tertiary/aromatic N) is 3. The third kappa shape index (κ3) is 2.80. The number of aromatic nitrogens is 2. The zero-order valence-electron chi connectivity index (χ0n) is 8.77. The Morgan fingerprint density at radius 2 is 2.40 bits per heavy atom. The van der Waals surface area contributed by atoms with E-state index in [0.717, 1.165) is 17.7 Å². The van der Waals surface area contributed by atoms with E-state index >= 15 is 0 Å². The molecule has 0 atom stereocenters. The van der Waals surface area contributed by atoms with Gasteiger partial charge in [0.25, 0.3) is 0 Å². The molecule has 0 unspecified atom stereocenters. The fourth-order valence-electron chi connectivity index (χ4n) is 1.21. The van der Waals surface area contributed by atoms with Crippen LogP contribution in [0.2, 0.25) is 0 Å². The molecule has 0 fully saturated rings. The Balaban J connectivity index is 2.97. The lowest BCUT2D eigenvalue weighted by Crippen LogP contribution is -2.16. The molecular weight excluding hydrogens is 196 g/mol. The third-order valence-corrected chi connectivity index (χ3v) is 1.95. The number of oxime groups is 1. The standard InChI is InChI=1S/C9H14N4O2/c1-3-7-6(4-8(10)13-14)5-11-9(12-7)15-2/h5,14H,3-4H2,1-2H3,(H2,10,13). The number of methoxy groups -OCH3 is 1. The number of hydrogen-bond acceptors (Lipinski definition) is 5. The SMILES string of the molecule is CCc1nc(OC)ncc1C/C(N)=N/O. The minimum Gasteiger partial charge on any atom is -0.467 e. The molecule has 0 aliphatic rings. The molecule has 0 bridgehead atoms. The van der Waals surface area contributed by atoms with Crippen molar-refractivity contribution in [3.63, 3.8) is 0 Å². The summed E-state index contributed by atoms with van der Waals surface area (Å²) in [5.74, 6) is 0.137. The quantitative estimate of drug-likeness (QED) is 0.323. The zero-order valence-corrected chi connectivity index (χ0v) is 8.77. The fourth-order valence-corrected chi connectivity index (χ4v) is 1.21. The number of nitrogens with two attached hydrogens (primary N) is 1. The summed E-state index contributed by atoms with van der Waals surface area (Å²) in [5, 5.41) is 11.4. The van der Waals surface area contributed by atoms with Crippen LogP contribution in [0, 0.1) is 0 Å². The Labute approximate surface area is 87.8 Å². The van der Waals surface area contributed by atoms with E-state index in [9.17, 15) is 0 Å². The van der Waals surface area contributed by atoms with Crippen molar-refractivity contribution in [2.24, 2.45) is 10.9 Å². The maximum absolute atomic E-state index is 8.46. The lowest BCUT2D eigenvalue weighted by molar-refractivity contribution is 0.317. The normalized spacial score (nSPS) is 11.5. The highest BCUT2D eigenvalue weighted by Crippen LogP contribution is 2.10. The zero-order chi connectivity index (χ0) is 11.3. The van der Waals surface area contributed by atoms with Gasteiger partial charge >= 0.3 is 6.01 Å². The minimum atomic E-state index is 0.137. The largest absolute Gasteiger partial charge is 0.467 e. The van der Waals surface area contributed by atoms with E-state index in [-0.39, 0.29) is 5.84 Å². The molecule has 0 radical (unpaired) electrons. The van der Waals surface area contributed by atoms with Crippen molar-refractivity contribution in [1.82, 2.24) is 9.97 Å². The fraction of sp³-hybridized carbons (Fsp3) is 0.444. The molecule has 0 amide bonds. The maximum atomic E-state index is 8.46. The molecule has 1 aromatic rings. The lowest BCUT2D eigenvalue weighted by Gasteiger charge is -2.06. The maximum Gasteiger partial charge on any atom is 0.316 e. The first-order valence-corrected chi connectivity index (χ1v) is 4.56. The van der Waals surface area contributed by atoms with Crippen LogP contribution in [0.3, 0.4) is 0 Å². The molecule has 0 saturated carbocycles. The Morgan fingerprint density at radius 1 is 1.67 bits per heavy atom. The van der Waals surface area contributed by atoms with Gasteiger partial charge in [0.05, 0.1) is 12.8 Å². The average Bonchev–Trinajstić information content (AvgIpc) is 2.29. The van der Waals surface area contributed by atoms with E-state index in [4.69, 9.17) is 15.7 Å². The summed E-state index contributed by atoms with van der Waals surface area (Å²) in [7, 11) is 1.51.